The van der Waals surface area contributed by atoms with E-state index in [0.29, 0.717) is 0 Å². The molecular formula is C19H26ClNO. The van der Waals surface area contributed by atoms with Gasteiger partial charge >= 0.3 is 0 Å². The Morgan fingerprint density at radius 1 is 1.05 bits per heavy atom. The summed E-state index contributed by atoms with van der Waals surface area (Å²) >= 11 is 0. The van der Waals surface area contributed by atoms with Gasteiger partial charge in [-0.25, -0.2) is 0 Å². The van der Waals surface area contributed by atoms with Gasteiger partial charge in [-0.05, 0) is 42.5 Å². The zero-order valence-corrected chi connectivity index (χ0v) is 14.2. The SMILES string of the molecule is CCCOc1ccc(CC(N)CC)cc1-c1ccccc1.Cl. The van der Waals surface area contributed by atoms with Crippen LogP contribution in [0, 0.1) is 0 Å². The average Bonchev–Trinajstić information content (AvgIpc) is 2.54. The molecule has 0 spiro atoms. The third kappa shape index (κ3) is 5.04. The van der Waals surface area contributed by atoms with Crippen molar-refractivity contribution in [3.63, 3.8) is 0 Å². The molecule has 0 saturated heterocycles. The van der Waals surface area contributed by atoms with Crippen molar-refractivity contribution in [1.82, 2.24) is 0 Å². The summed E-state index contributed by atoms with van der Waals surface area (Å²) in [5.41, 5.74) is 9.70. The molecule has 0 aliphatic rings. The topological polar surface area (TPSA) is 35.2 Å². The standard InChI is InChI=1S/C19H25NO.ClH/c1-3-12-21-19-11-10-15(13-17(20)4-2)14-18(19)16-8-6-5-7-9-16;/h5-11,14,17H,3-4,12-13,20H2,1-2H3;1H. The summed E-state index contributed by atoms with van der Waals surface area (Å²) in [5.74, 6) is 0.955. The fraction of sp³-hybridized carbons (Fsp3) is 0.368. The van der Waals surface area contributed by atoms with Gasteiger partial charge in [-0.2, -0.15) is 0 Å². The smallest absolute Gasteiger partial charge is 0.127 e. The highest BCUT2D eigenvalue weighted by Gasteiger charge is 2.09. The second-order valence-electron chi connectivity index (χ2n) is 5.42. The van der Waals surface area contributed by atoms with Crippen molar-refractivity contribution in [1.29, 1.82) is 0 Å². The fourth-order valence-electron chi connectivity index (χ4n) is 2.33. The summed E-state index contributed by atoms with van der Waals surface area (Å²) in [5, 5.41) is 0. The first-order valence-corrected chi connectivity index (χ1v) is 7.81. The fourth-order valence-corrected chi connectivity index (χ4v) is 2.33. The Morgan fingerprint density at radius 2 is 1.77 bits per heavy atom. The van der Waals surface area contributed by atoms with E-state index in [9.17, 15) is 0 Å². The Kier molecular flexibility index (Phi) is 8.00. The minimum Gasteiger partial charge on any atom is -0.493 e. The zero-order valence-electron chi connectivity index (χ0n) is 13.4. The molecule has 0 heterocycles. The van der Waals surface area contributed by atoms with Crippen LogP contribution in [0.4, 0.5) is 0 Å². The molecule has 0 aromatic heterocycles. The molecule has 2 aromatic rings. The van der Waals surface area contributed by atoms with Gasteiger partial charge < -0.3 is 10.5 Å². The summed E-state index contributed by atoms with van der Waals surface area (Å²) in [6.07, 6.45) is 2.91. The van der Waals surface area contributed by atoms with Crippen molar-refractivity contribution in [3.05, 3.63) is 54.1 Å². The van der Waals surface area contributed by atoms with E-state index in [-0.39, 0.29) is 18.4 Å². The van der Waals surface area contributed by atoms with Gasteiger partial charge in [0.1, 0.15) is 5.75 Å². The second-order valence-corrected chi connectivity index (χ2v) is 5.42. The highest BCUT2D eigenvalue weighted by molar-refractivity contribution is 5.85. The highest BCUT2D eigenvalue weighted by atomic mass is 35.5. The van der Waals surface area contributed by atoms with Crippen molar-refractivity contribution in [3.8, 4) is 16.9 Å². The molecule has 2 aromatic carbocycles. The number of halogens is 1. The molecular weight excluding hydrogens is 294 g/mol. The lowest BCUT2D eigenvalue weighted by atomic mass is 9.98. The average molecular weight is 320 g/mol. The van der Waals surface area contributed by atoms with Gasteiger partial charge in [0.05, 0.1) is 6.61 Å². The van der Waals surface area contributed by atoms with E-state index in [4.69, 9.17) is 10.5 Å². The Morgan fingerprint density at radius 3 is 2.41 bits per heavy atom. The summed E-state index contributed by atoms with van der Waals surface area (Å²) in [4.78, 5) is 0. The van der Waals surface area contributed by atoms with E-state index in [0.717, 1.165) is 37.2 Å². The molecule has 2 N–H and O–H groups in total. The van der Waals surface area contributed by atoms with Gasteiger partial charge in [-0.3, -0.25) is 0 Å². The molecule has 120 valence electrons. The number of benzene rings is 2. The lowest BCUT2D eigenvalue weighted by molar-refractivity contribution is 0.318. The summed E-state index contributed by atoms with van der Waals surface area (Å²) in [6, 6.07) is 17.0. The summed E-state index contributed by atoms with van der Waals surface area (Å²) in [6.45, 7) is 4.99. The molecule has 2 rings (SSSR count). The predicted octanol–water partition coefficient (Wildman–Crippen LogP) is 4.84. The molecule has 0 bridgehead atoms. The molecule has 0 aliphatic carbocycles. The van der Waals surface area contributed by atoms with Crippen LogP contribution in [-0.2, 0) is 6.42 Å². The van der Waals surface area contributed by atoms with Crippen LogP contribution in [0.25, 0.3) is 11.1 Å². The molecule has 0 amide bonds. The lowest BCUT2D eigenvalue weighted by Crippen LogP contribution is -2.21. The van der Waals surface area contributed by atoms with Gasteiger partial charge in [0.15, 0.2) is 0 Å². The van der Waals surface area contributed by atoms with Crippen molar-refractivity contribution >= 4 is 12.4 Å². The maximum atomic E-state index is 6.08. The molecule has 22 heavy (non-hydrogen) atoms. The Bertz CT molecular complexity index is 557. The van der Waals surface area contributed by atoms with E-state index in [2.05, 4.69) is 56.3 Å². The Labute approximate surface area is 140 Å². The van der Waals surface area contributed by atoms with Crippen LogP contribution < -0.4 is 10.5 Å². The molecule has 1 unspecified atom stereocenters. The normalized spacial score (nSPS) is 11.6. The number of nitrogens with two attached hydrogens (primary N) is 1. The molecule has 1 atom stereocenters. The largest absolute Gasteiger partial charge is 0.493 e. The summed E-state index contributed by atoms with van der Waals surface area (Å²) in [7, 11) is 0. The van der Waals surface area contributed by atoms with Crippen LogP contribution in [0.15, 0.2) is 48.5 Å². The number of hydrogen-bond acceptors (Lipinski definition) is 2. The number of hydrogen-bond donors (Lipinski definition) is 1. The van der Waals surface area contributed by atoms with Crippen molar-refractivity contribution in [2.24, 2.45) is 5.73 Å². The van der Waals surface area contributed by atoms with Crippen LogP contribution in [0.5, 0.6) is 5.75 Å². The molecule has 0 fully saturated rings. The summed E-state index contributed by atoms with van der Waals surface area (Å²) < 4.78 is 5.90. The minimum absolute atomic E-state index is 0. The first kappa shape index (κ1) is 18.5. The first-order chi connectivity index (χ1) is 10.2. The van der Waals surface area contributed by atoms with E-state index in [1.165, 1.54) is 11.1 Å². The Hall–Kier alpha value is -1.51. The van der Waals surface area contributed by atoms with E-state index in [1.807, 2.05) is 6.07 Å². The van der Waals surface area contributed by atoms with Gasteiger partial charge in [-0.15, -0.1) is 12.4 Å². The van der Waals surface area contributed by atoms with Crippen LogP contribution in [-0.4, -0.2) is 12.6 Å². The molecule has 3 heteroatoms. The monoisotopic (exact) mass is 319 g/mol. The number of ether oxygens (including phenoxy) is 1. The van der Waals surface area contributed by atoms with Crippen molar-refractivity contribution in [2.75, 3.05) is 6.61 Å². The Balaban J connectivity index is 0.00000242. The lowest BCUT2D eigenvalue weighted by Gasteiger charge is -2.15. The maximum Gasteiger partial charge on any atom is 0.127 e. The molecule has 0 radical (unpaired) electrons. The molecule has 0 saturated carbocycles. The van der Waals surface area contributed by atoms with E-state index >= 15 is 0 Å². The van der Waals surface area contributed by atoms with Crippen LogP contribution in [0.2, 0.25) is 0 Å². The highest BCUT2D eigenvalue weighted by Crippen LogP contribution is 2.31. The van der Waals surface area contributed by atoms with Crippen LogP contribution in [0.3, 0.4) is 0 Å². The molecule has 2 nitrogen and oxygen atoms in total. The third-order valence-corrected chi connectivity index (χ3v) is 3.61. The van der Waals surface area contributed by atoms with Gasteiger partial charge in [-0.1, -0.05) is 50.2 Å². The van der Waals surface area contributed by atoms with E-state index < -0.39 is 0 Å². The van der Waals surface area contributed by atoms with Gasteiger partial charge in [0.2, 0.25) is 0 Å². The number of rotatable bonds is 7. The van der Waals surface area contributed by atoms with Crippen LogP contribution >= 0.6 is 12.4 Å². The first-order valence-electron chi connectivity index (χ1n) is 7.81. The maximum absolute atomic E-state index is 6.08. The van der Waals surface area contributed by atoms with Gasteiger partial charge in [0.25, 0.3) is 0 Å². The van der Waals surface area contributed by atoms with Gasteiger partial charge in [0, 0.05) is 11.6 Å². The quantitative estimate of drug-likeness (QED) is 0.792. The van der Waals surface area contributed by atoms with E-state index in [1.54, 1.807) is 0 Å². The third-order valence-electron chi connectivity index (χ3n) is 3.61. The molecule has 0 aliphatic heterocycles. The van der Waals surface area contributed by atoms with Crippen LogP contribution in [0.1, 0.15) is 32.3 Å². The van der Waals surface area contributed by atoms with Crippen molar-refractivity contribution < 1.29 is 4.74 Å². The second kappa shape index (κ2) is 9.50. The predicted molar refractivity (Wildman–Crippen MR) is 96.9 cm³/mol. The zero-order chi connectivity index (χ0) is 15.1. The minimum atomic E-state index is 0. The van der Waals surface area contributed by atoms with Crippen molar-refractivity contribution in [2.45, 2.75) is 39.2 Å².